The number of rotatable bonds is 3. The van der Waals surface area contributed by atoms with Gasteiger partial charge in [-0.2, -0.15) is 0 Å². The zero-order valence-corrected chi connectivity index (χ0v) is 12.0. The number of non-ortho nitro benzene ring substituents is 1. The molecule has 1 aliphatic rings. The van der Waals surface area contributed by atoms with Crippen molar-refractivity contribution in [3.05, 3.63) is 34.4 Å². The van der Waals surface area contributed by atoms with Crippen LogP contribution in [-0.4, -0.2) is 42.0 Å². The molecule has 1 heterocycles. The van der Waals surface area contributed by atoms with E-state index in [-0.39, 0.29) is 17.8 Å². The van der Waals surface area contributed by atoms with Gasteiger partial charge in [0.05, 0.1) is 4.92 Å². The third kappa shape index (κ3) is 4.16. The van der Waals surface area contributed by atoms with E-state index >= 15 is 0 Å². The van der Waals surface area contributed by atoms with E-state index in [1.807, 2.05) is 0 Å². The lowest BCUT2D eigenvalue weighted by atomic mass is 10.1. The Balaban J connectivity index is 1.94. The maximum Gasteiger partial charge on any atom is 0.321 e. The number of anilines is 1. The molecule has 0 saturated carbocycles. The van der Waals surface area contributed by atoms with E-state index in [2.05, 4.69) is 10.6 Å². The Bertz CT molecular complexity index is 495. The second kappa shape index (κ2) is 7.03. The third-order valence-electron chi connectivity index (χ3n) is 3.74. The number of hydrogen-bond donors (Lipinski definition) is 2. The minimum absolute atomic E-state index is 0.0104. The van der Waals surface area contributed by atoms with Crippen LogP contribution in [0.15, 0.2) is 24.3 Å². The number of nitro groups is 1. The van der Waals surface area contributed by atoms with Gasteiger partial charge in [-0.25, -0.2) is 4.79 Å². The molecular weight excluding hydrogens is 272 g/mol. The number of nitro benzene ring substituents is 1. The van der Waals surface area contributed by atoms with Gasteiger partial charge in [-0.15, -0.1) is 0 Å². The molecule has 2 rings (SSSR count). The van der Waals surface area contributed by atoms with Crippen molar-refractivity contribution in [2.45, 2.75) is 25.3 Å². The normalized spacial score (nSPS) is 18.6. The maximum absolute atomic E-state index is 12.2. The minimum atomic E-state index is -0.462. The summed E-state index contributed by atoms with van der Waals surface area (Å²) in [6.07, 6.45) is 2.97. The molecule has 0 aromatic heterocycles. The average Bonchev–Trinajstić information content (AvgIpc) is 2.76. The number of carbonyl (C=O) groups is 1. The quantitative estimate of drug-likeness (QED) is 0.660. The van der Waals surface area contributed by atoms with Crippen LogP contribution in [0.2, 0.25) is 0 Å². The van der Waals surface area contributed by atoms with E-state index in [1.54, 1.807) is 24.1 Å². The Hall–Kier alpha value is -2.15. The van der Waals surface area contributed by atoms with Crippen LogP contribution in [0.25, 0.3) is 0 Å². The molecule has 1 saturated heterocycles. The molecule has 1 fully saturated rings. The van der Waals surface area contributed by atoms with E-state index in [9.17, 15) is 14.9 Å². The molecule has 0 spiro atoms. The summed E-state index contributed by atoms with van der Waals surface area (Å²) in [5, 5.41) is 16.7. The van der Waals surface area contributed by atoms with Crippen LogP contribution in [0.3, 0.4) is 0 Å². The first-order chi connectivity index (χ1) is 10.1. The van der Waals surface area contributed by atoms with Gasteiger partial charge in [0.25, 0.3) is 5.69 Å². The molecule has 1 atom stereocenters. The number of urea groups is 1. The molecule has 114 valence electrons. The van der Waals surface area contributed by atoms with E-state index in [1.165, 1.54) is 12.1 Å². The molecule has 0 aliphatic carbocycles. The number of nitrogens with zero attached hydrogens (tertiary/aromatic N) is 2. The van der Waals surface area contributed by atoms with Crippen LogP contribution in [0.4, 0.5) is 16.2 Å². The van der Waals surface area contributed by atoms with Crippen LogP contribution in [0.5, 0.6) is 0 Å². The molecule has 7 heteroatoms. The summed E-state index contributed by atoms with van der Waals surface area (Å²) in [5.74, 6) is 0. The van der Waals surface area contributed by atoms with Crippen molar-refractivity contribution < 1.29 is 9.72 Å². The van der Waals surface area contributed by atoms with Crippen LogP contribution in [0.1, 0.15) is 19.3 Å². The lowest BCUT2D eigenvalue weighted by molar-refractivity contribution is -0.384. The molecule has 1 aromatic carbocycles. The van der Waals surface area contributed by atoms with Crippen LogP contribution in [-0.2, 0) is 0 Å². The van der Waals surface area contributed by atoms with Gasteiger partial charge in [0.1, 0.15) is 0 Å². The smallest absolute Gasteiger partial charge is 0.321 e. The second-order valence-electron chi connectivity index (χ2n) is 5.18. The third-order valence-corrected chi connectivity index (χ3v) is 3.74. The van der Waals surface area contributed by atoms with Gasteiger partial charge in [-0.3, -0.25) is 10.1 Å². The Labute approximate surface area is 123 Å². The van der Waals surface area contributed by atoms with E-state index < -0.39 is 4.92 Å². The Morgan fingerprint density at radius 1 is 1.33 bits per heavy atom. The summed E-state index contributed by atoms with van der Waals surface area (Å²) in [6, 6.07) is 5.88. The topological polar surface area (TPSA) is 87.5 Å². The molecule has 0 radical (unpaired) electrons. The number of benzene rings is 1. The maximum atomic E-state index is 12.2. The summed E-state index contributed by atoms with van der Waals surface area (Å²) in [5.41, 5.74) is 0.570. The number of carbonyl (C=O) groups excluding carboxylic acids is 1. The Kier molecular flexibility index (Phi) is 5.10. The molecule has 0 bridgehead atoms. The molecule has 21 heavy (non-hydrogen) atoms. The Morgan fingerprint density at radius 2 is 2.05 bits per heavy atom. The van der Waals surface area contributed by atoms with Crippen molar-refractivity contribution in [2.75, 3.05) is 25.5 Å². The highest BCUT2D eigenvalue weighted by molar-refractivity contribution is 5.89. The first-order valence-corrected chi connectivity index (χ1v) is 7.07. The fraction of sp³-hybridized carbons (Fsp3) is 0.500. The first kappa shape index (κ1) is 15.2. The van der Waals surface area contributed by atoms with E-state index in [0.29, 0.717) is 5.69 Å². The van der Waals surface area contributed by atoms with Gasteiger partial charge < -0.3 is 15.5 Å². The van der Waals surface area contributed by atoms with Crippen molar-refractivity contribution in [3.8, 4) is 0 Å². The highest BCUT2D eigenvalue weighted by Crippen LogP contribution is 2.17. The van der Waals surface area contributed by atoms with E-state index in [0.717, 1.165) is 32.4 Å². The van der Waals surface area contributed by atoms with E-state index in [4.69, 9.17) is 0 Å². The summed E-state index contributed by atoms with van der Waals surface area (Å²) >= 11 is 0. The highest BCUT2D eigenvalue weighted by Gasteiger charge is 2.21. The molecule has 2 N–H and O–H groups in total. The lowest BCUT2D eigenvalue weighted by Gasteiger charge is -2.27. The van der Waals surface area contributed by atoms with Crippen molar-refractivity contribution in [2.24, 2.45) is 0 Å². The first-order valence-electron chi connectivity index (χ1n) is 7.07. The monoisotopic (exact) mass is 292 g/mol. The minimum Gasteiger partial charge on any atom is -0.325 e. The predicted octanol–water partition coefficient (Wildman–Crippen LogP) is 2.20. The summed E-state index contributed by atoms with van der Waals surface area (Å²) in [4.78, 5) is 24.0. The molecular formula is C14H20N4O3. The number of nitrogens with one attached hydrogen (secondary N) is 2. The Morgan fingerprint density at radius 3 is 2.71 bits per heavy atom. The lowest BCUT2D eigenvalue weighted by Crippen LogP contribution is -2.40. The van der Waals surface area contributed by atoms with Crippen LogP contribution in [0, 0.1) is 10.1 Å². The second-order valence-corrected chi connectivity index (χ2v) is 5.18. The number of hydrogen-bond acceptors (Lipinski definition) is 4. The summed E-state index contributed by atoms with van der Waals surface area (Å²) in [7, 11) is 1.79. The SMILES string of the molecule is CN(C(=O)Nc1ccc([N+](=O)[O-])cc1)C1CCCNCC1. The van der Waals surface area contributed by atoms with Crippen LogP contribution < -0.4 is 10.6 Å². The van der Waals surface area contributed by atoms with Crippen LogP contribution >= 0.6 is 0 Å². The molecule has 1 unspecified atom stereocenters. The van der Waals surface area contributed by atoms with Crippen molar-refractivity contribution in [1.29, 1.82) is 0 Å². The molecule has 7 nitrogen and oxygen atoms in total. The van der Waals surface area contributed by atoms with Gasteiger partial charge in [0.15, 0.2) is 0 Å². The van der Waals surface area contributed by atoms with Crippen molar-refractivity contribution in [1.82, 2.24) is 10.2 Å². The largest absolute Gasteiger partial charge is 0.325 e. The van der Waals surface area contributed by atoms with Gasteiger partial charge in [0, 0.05) is 30.9 Å². The summed E-state index contributed by atoms with van der Waals surface area (Å²) in [6.45, 7) is 1.91. The summed E-state index contributed by atoms with van der Waals surface area (Å²) < 4.78 is 0. The van der Waals surface area contributed by atoms with Gasteiger partial charge in [0.2, 0.25) is 0 Å². The number of amides is 2. The van der Waals surface area contributed by atoms with Crippen molar-refractivity contribution in [3.63, 3.8) is 0 Å². The van der Waals surface area contributed by atoms with Crippen molar-refractivity contribution >= 4 is 17.4 Å². The van der Waals surface area contributed by atoms with Gasteiger partial charge in [-0.05, 0) is 44.5 Å². The van der Waals surface area contributed by atoms with Gasteiger partial charge >= 0.3 is 6.03 Å². The predicted molar refractivity (Wildman–Crippen MR) is 80.4 cm³/mol. The van der Waals surface area contributed by atoms with Gasteiger partial charge in [-0.1, -0.05) is 0 Å². The standard InChI is InChI=1S/C14H20N4O3/c1-17(12-3-2-9-15-10-8-12)14(19)16-11-4-6-13(7-5-11)18(20)21/h4-7,12,15H,2-3,8-10H2,1H3,(H,16,19). The molecule has 2 amide bonds. The average molecular weight is 292 g/mol. The highest BCUT2D eigenvalue weighted by atomic mass is 16.6. The fourth-order valence-electron chi connectivity index (χ4n) is 2.43. The zero-order valence-electron chi connectivity index (χ0n) is 12.0. The molecule has 1 aliphatic heterocycles. The fourth-order valence-corrected chi connectivity index (χ4v) is 2.43. The zero-order chi connectivity index (χ0) is 15.2. The molecule has 1 aromatic rings.